The second-order valence-electron chi connectivity index (χ2n) is 5.98. The Morgan fingerprint density at radius 1 is 0.957 bits per heavy atom. The fourth-order valence-electron chi connectivity index (χ4n) is 2.76. The summed E-state index contributed by atoms with van der Waals surface area (Å²) >= 11 is 0. The lowest BCUT2D eigenvalue weighted by Crippen LogP contribution is -2.07. The number of nitrogens with one attached hydrogen (secondary N) is 1. The number of aryl methyl sites for hydroxylation is 3. The third-order valence-corrected chi connectivity index (χ3v) is 3.93. The molecular weight excluding hydrogens is 284 g/mol. The van der Waals surface area contributed by atoms with Gasteiger partial charge in [0.05, 0.1) is 11.4 Å². The molecule has 1 unspecified atom stereocenters. The Balaban J connectivity index is 1.77. The highest BCUT2D eigenvalue weighted by Gasteiger charge is 2.08. The number of benzene rings is 1. The van der Waals surface area contributed by atoms with Crippen molar-refractivity contribution in [2.75, 3.05) is 5.32 Å². The van der Waals surface area contributed by atoms with E-state index in [1.165, 1.54) is 5.56 Å². The number of hydrogen-bond acceptors (Lipinski definition) is 3. The zero-order valence-electron chi connectivity index (χ0n) is 14.0. The average molecular weight is 306 g/mol. The highest BCUT2D eigenvalue weighted by molar-refractivity contribution is 5.46. The van der Waals surface area contributed by atoms with Gasteiger partial charge in [0.1, 0.15) is 0 Å². The molecule has 0 aliphatic carbocycles. The molecule has 4 heteroatoms. The number of pyridine rings is 1. The summed E-state index contributed by atoms with van der Waals surface area (Å²) in [6, 6.07) is 14.9. The van der Waals surface area contributed by atoms with Crippen molar-refractivity contribution in [1.29, 1.82) is 0 Å². The molecule has 1 N–H and O–H groups in total. The number of rotatable bonds is 4. The molecule has 3 aromatic rings. The van der Waals surface area contributed by atoms with E-state index in [1.54, 1.807) is 0 Å². The molecule has 0 aliphatic heterocycles. The van der Waals surface area contributed by atoms with Crippen LogP contribution in [-0.4, -0.2) is 14.8 Å². The first-order valence-corrected chi connectivity index (χ1v) is 7.86. The fourth-order valence-corrected chi connectivity index (χ4v) is 2.76. The molecule has 0 saturated carbocycles. The minimum Gasteiger partial charge on any atom is -0.378 e. The number of aromatic nitrogens is 3. The van der Waals surface area contributed by atoms with Crippen LogP contribution in [0.5, 0.6) is 0 Å². The first kappa shape index (κ1) is 15.3. The molecule has 2 aromatic heterocycles. The number of anilines is 1. The SMILES string of the molecule is Cc1cc(NC(C)c2ccc(-n3nc(C)cc3C)cc2)ccn1. The Kier molecular flexibility index (Phi) is 4.15. The van der Waals surface area contributed by atoms with Gasteiger partial charge in [0, 0.05) is 29.3 Å². The van der Waals surface area contributed by atoms with Gasteiger partial charge >= 0.3 is 0 Å². The van der Waals surface area contributed by atoms with Crippen LogP contribution in [-0.2, 0) is 0 Å². The maximum Gasteiger partial charge on any atom is 0.0648 e. The largest absolute Gasteiger partial charge is 0.378 e. The number of nitrogens with zero attached hydrogens (tertiary/aromatic N) is 3. The van der Waals surface area contributed by atoms with Crippen molar-refractivity contribution in [3.63, 3.8) is 0 Å². The van der Waals surface area contributed by atoms with Crippen LogP contribution in [0, 0.1) is 20.8 Å². The lowest BCUT2D eigenvalue weighted by molar-refractivity contribution is 0.828. The van der Waals surface area contributed by atoms with Crippen LogP contribution in [0.3, 0.4) is 0 Å². The quantitative estimate of drug-likeness (QED) is 0.778. The van der Waals surface area contributed by atoms with Crippen molar-refractivity contribution in [2.45, 2.75) is 33.7 Å². The van der Waals surface area contributed by atoms with Crippen molar-refractivity contribution in [2.24, 2.45) is 0 Å². The summed E-state index contributed by atoms with van der Waals surface area (Å²) in [6.45, 7) is 8.25. The second-order valence-corrected chi connectivity index (χ2v) is 5.98. The predicted octanol–water partition coefficient (Wildman–Crippen LogP) is 4.37. The summed E-state index contributed by atoms with van der Waals surface area (Å²) in [6.07, 6.45) is 1.83. The van der Waals surface area contributed by atoms with E-state index >= 15 is 0 Å². The zero-order valence-corrected chi connectivity index (χ0v) is 14.0. The van der Waals surface area contributed by atoms with Crippen molar-refractivity contribution in [3.05, 3.63) is 71.3 Å². The highest BCUT2D eigenvalue weighted by atomic mass is 15.3. The molecular formula is C19H22N4. The van der Waals surface area contributed by atoms with Crippen LogP contribution >= 0.6 is 0 Å². The molecule has 0 spiro atoms. The summed E-state index contributed by atoms with van der Waals surface area (Å²) in [4.78, 5) is 4.23. The topological polar surface area (TPSA) is 42.7 Å². The second kappa shape index (κ2) is 6.24. The minimum atomic E-state index is 0.228. The van der Waals surface area contributed by atoms with Crippen LogP contribution in [0.1, 0.15) is 35.6 Å². The lowest BCUT2D eigenvalue weighted by atomic mass is 10.1. The van der Waals surface area contributed by atoms with E-state index in [1.807, 2.05) is 30.8 Å². The normalized spacial score (nSPS) is 12.2. The van der Waals surface area contributed by atoms with E-state index in [2.05, 4.69) is 65.6 Å². The maximum absolute atomic E-state index is 4.53. The first-order chi connectivity index (χ1) is 11.0. The molecule has 118 valence electrons. The Morgan fingerprint density at radius 3 is 2.30 bits per heavy atom. The average Bonchev–Trinajstić information content (AvgIpc) is 2.86. The molecule has 0 bridgehead atoms. The van der Waals surface area contributed by atoms with Crippen LogP contribution < -0.4 is 5.32 Å². The van der Waals surface area contributed by atoms with Crippen LogP contribution in [0.25, 0.3) is 5.69 Å². The molecule has 4 nitrogen and oxygen atoms in total. The maximum atomic E-state index is 4.53. The summed E-state index contributed by atoms with van der Waals surface area (Å²) in [5.41, 5.74) is 6.62. The van der Waals surface area contributed by atoms with E-state index in [9.17, 15) is 0 Å². The lowest BCUT2D eigenvalue weighted by Gasteiger charge is -2.16. The Hall–Kier alpha value is -2.62. The summed E-state index contributed by atoms with van der Waals surface area (Å²) in [5.74, 6) is 0. The van der Waals surface area contributed by atoms with E-state index in [4.69, 9.17) is 0 Å². The molecule has 1 atom stereocenters. The summed E-state index contributed by atoms with van der Waals surface area (Å²) in [5, 5.41) is 8.04. The van der Waals surface area contributed by atoms with Crippen LogP contribution in [0.4, 0.5) is 5.69 Å². The van der Waals surface area contributed by atoms with E-state index < -0.39 is 0 Å². The third kappa shape index (κ3) is 3.42. The first-order valence-electron chi connectivity index (χ1n) is 7.86. The van der Waals surface area contributed by atoms with Gasteiger partial charge in [0.2, 0.25) is 0 Å². The Morgan fingerprint density at radius 2 is 1.70 bits per heavy atom. The Labute approximate surface area is 137 Å². The van der Waals surface area contributed by atoms with Crippen molar-refractivity contribution in [3.8, 4) is 5.69 Å². The zero-order chi connectivity index (χ0) is 16.4. The van der Waals surface area contributed by atoms with Gasteiger partial charge in [-0.2, -0.15) is 5.10 Å². The smallest absolute Gasteiger partial charge is 0.0648 e. The standard InChI is InChI=1S/C19H22N4/c1-13-12-18(9-10-20-13)21-16(4)17-5-7-19(8-6-17)23-15(3)11-14(2)22-23/h5-12,16H,1-4H3,(H,20,21). The van der Waals surface area contributed by atoms with Gasteiger partial charge in [-0.05, 0) is 63.6 Å². The molecule has 2 heterocycles. The van der Waals surface area contributed by atoms with Crippen LogP contribution in [0.15, 0.2) is 48.7 Å². The molecule has 0 aliphatic rings. The van der Waals surface area contributed by atoms with Gasteiger partial charge in [0.25, 0.3) is 0 Å². The van der Waals surface area contributed by atoms with Crippen molar-refractivity contribution < 1.29 is 0 Å². The van der Waals surface area contributed by atoms with E-state index in [0.717, 1.165) is 28.5 Å². The van der Waals surface area contributed by atoms with Gasteiger partial charge in [0.15, 0.2) is 0 Å². The monoisotopic (exact) mass is 306 g/mol. The number of hydrogen-bond donors (Lipinski definition) is 1. The third-order valence-electron chi connectivity index (χ3n) is 3.93. The molecule has 0 saturated heterocycles. The predicted molar refractivity (Wildman–Crippen MR) is 94.0 cm³/mol. The molecule has 3 rings (SSSR count). The van der Waals surface area contributed by atoms with Gasteiger partial charge in [-0.15, -0.1) is 0 Å². The molecule has 1 aromatic carbocycles. The van der Waals surface area contributed by atoms with Gasteiger partial charge in [-0.1, -0.05) is 12.1 Å². The van der Waals surface area contributed by atoms with Gasteiger partial charge in [-0.25, -0.2) is 4.68 Å². The summed E-state index contributed by atoms with van der Waals surface area (Å²) in [7, 11) is 0. The highest BCUT2D eigenvalue weighted by Crippen LogP contribution is 2.21. The Bertz CT molecular complexity index is 802. The van der Waals surface area contributed by atoms with E-state index in [-0.39, 0.29) is 6.04 Å². The molecule has 0 amide bonds. The van der Waals surface area contributed by atoms with Gasteiger partial charge < -0.3 is 5.32 Å². The molecule has 0 radical (unpaired) electrons. The minimum absolute atomic E-state index is 0.228. The van der Waals surface area contributed by atoms with Gasteiger partial charge in [-0.3, -0.25) is 4.98 Å². The van der Waals surface area contributed by atoms with Crippen molar-refractivity contribution in [1.82, 2.24) is 14.8 Å². The fraction of sp³-hybridized carbons (Fsp3) is 0.263. The van der Waals surface area contributed by atoms with Crippen LogP contribution in [0.2, 0.25) is 0 Å². The molecule has 0 fully saturated rings. The van der Waals surface area contributed by atoms with Crippen molar-refractivity contribution >= 4 is 5.69 Å². The molecule has 23 heavy (non-hydrogen) atoms. The summed E-state index contributed by atoms with van der Waals surface area (Å²) < 4.78 is 1.98. The van der Waals surface area contributed by atoms with E-state index in [0.29, 0.717) is 0 Å².